The first kappa shape index (κ1) is 34.2. The fourth-order valence-electron chi connectivity index (χ4n) is 4.65. The summed E-state index contributed by atoms with van der Waals surface area (Å²) in [6.07, 6.45) is 25.4. The topological polar surface area (TPSA) is 106 Å². The van der Waals surface area contributed by atoms with Crippen LogP contribution < -0.4 is 11.0 Å². The molecule has 0 aliphatic rings. The fraction of sp³-hybridized carbons (Fsp3) is 1.00. The average Bonchev–Trinajstić information content (AvgIpc) is 2.73. The Labute approximate surface area is 200 Å². The lowest BCUT2D eigenvalue weighted by molar-refractivity contribution is -0.222. The van der Waals surface area contributed by atoms with Crippen LogP contribution in [0.3, 0.4) is 0 Å². The van der Waals surface area contributed by atoms with Gasteiger partial charge in [0.15, 0.2) is 0 Å². The Hall–Kier alpha value is 0.0700. The van der Waals surface area contributed by atoms with Crippen molar-refractivity contribution in [2.75, 3.05) is 6.61 Å². The minimum Gasteiger partial charge on any atom is -0.756 e. The molecule has 1 unspecified atom stereocenters. The summed E-state index contributed by atoms with van der Waals surface area (Å²) in [5.41, 5.74) is -0.108. The minimum absolute atomic E-state index is 0. The Morgan fingerprint density at radius 2 is 0.906 bits per heavy atom. The number of hydrogen-bond acceptors (Lipinski definition) is 3. The van der Waals surface area contributed by atoms with E-state index in [1.165, 1.54) is 96.3 Å². The van der Waals surface area contributed by atoms with Crippen molar-refractivity contribution in [3.8, 4) is 0 Å². The molecule has 0 aromatic heterocycles. The Morgan fingerprint density at radius 1 is 0.625 bits per heavy atom. The molecule has 0 aliphatic heterocycles. The fourth-order valence-corrected chi connectivity index (χ4v) is 5.09. The molecule has 0 bridgehead atoms. The van der Waals surface area contributed by atoms with Gasteiger partial charge in [-0.2, -0.15) is 0 Å². The van der Waals surface area contributed by atoms with Crippen molar-refractivity contribution < 1.29 is 18.9 Å². The maximum Gasteiger partial charge on any atom is 0.265 e. The van der Waals surface area contributed by atoms with Crippen LogP contribution in [-0.4, -0.2) is 11.5 Å². The molecule has 0 aromatic rings. The van der Waals surface area contributed by atoms with Crippen LogP contribution in [0.25, 0.3) is 0 Å². The molecule has 5 N–H and O–H groups in total. The van der Waals surface area contributed by atoms with E-state index in [1.807, 2.05) is 0 Å². The Morgan fingerprint density at radius 3 is 1.19 bits per heavy atom. The Balaban J connectivity index is 0. The van der Waals surface area contributed by atoms with Crippen LogP contribution in [0.2, 0.25) is 0 Å². The van der Waals surface area contributed by atoms with E-state index in [0.717, 1.165) is 38.5 Å². The lowest BCUT2D eigenvalue weighted by atomic mass is 9.74. The van der Waals surface area contributed by atoms with Gasteiger partial charge < -0.3 is 20.5 Å². The van der Waals surface area contributed by atoms with E-state index < -0.39 is 7.82 Å². The summed E-state index contributed by atoms with van der Waals surface area (Å²) in [5, 5.41) is 0. The van der Waals surface area contributed by atoms with Crippen molar-refractivity contribution in [3.63, 3.8) is 0 Å². The Kier molecular flexibility index (Phi) is 24.4. The first-order valence-electron chi connectivity index (χ1n) is 13.6. The van der Waals surface area contributed by atoms with Crippen LogP contribution in [0.15, 0.2) is 0 Å². The monoisotopic (exact) mass is 479 g/mol. The zero-order valence-electron chi connectivity index (χ0n) is 22.2. The molecule has 0 aromatic carbocycles. The predicted octanol–water partition coefficient (Wildman–Crippen LogP) is 9.08. The number of phosphoric ester groups is 1. The molecular weight excluding hydrogens is 421 g/mol. The van der Waals surface area contributed by atoms with Crippen molar-refractivity contribution in [2.45, 2.75) is 156 Å². The van der Waals surface area contributed by atoms with Crippen LogP contribution in [0.4, 0.5) is 0 Å². The highest BCUT2D eigenvalue weighted by molar-refractivity contribution is 7.44. The van der Waals surface area contributed by atoms with E-state index in [1.54, 1.807) is 0 Å². The molecule has 0 rings (SSSR count). The second kappa shape index (κ2) is 22.8. The molecule has 196 valence electrons. The highest BCUT2D eigenvalue weighted by Crippen LogP contribution is 2.42. The molecule has 32 heavy (non-hydrogen) atoms. The Bertz CT molecular complexity index is 387. The number of unbranched alkanes of at least 4 members (excludes halogenated alkanes) is 15. The summed E-state index contributed by atoms with van der Waals surface area (Å²) in [7, 11) is -4.67. The van der Waals surface area contributed by atoms with E-state index in [4.69, 9.17) is 4.52 Å². The molecule has 0 aliphatic carbocycles. The number of quaternary nitrogens is 1. The van der Waals surface area contributed by atoms with Gasteiger partial charge in [-0.15, -0.1) is 0 Å². The number of phosphoric acid groups is 1. The van der Waals surface area contributed by atoms with E-state index in [2.05, 4.69) is 20.8 Å². The minimum atomic E-state index is -4.67. The van der Waals surface area contributed by atoms with Gasteiger partial charge in [0.1, 0.15) is 0 Å². The van der Waals surface area contributed by atoms with Gasteiger partial charge in [-0.25, -0.2) is 0 Å². The lowest BCUT2D eigenvalue weighted by Crippen LogP contribution is -2.28. The molecule has 0 saturated carbocycles. The van der Waals surface area contributed by atoms with E-state index in [9.17, 15) is 14.4 Å². The van der Waals surface area contributed by atoms with Gasteiger partial charge in [0.25, 0.3) is 7.82 Å². The molecule has 0 spiro atoms. The quantitative estimate of drug-likeness (QED) is 0.106. The summed E-state index contributed by atoms with van der Waals surface area (Å²) in [5.74, 6) is 0. The molecule has 0 amide bonds. The SMILES string of the molecule is CCCCCCCCC(CCCCCCCC)(CCCCCCCC)COP(=O)([O-])O.[NH4+]. The summed E-state index contributed by atoms with van der Waals surface area (Å²) < 4.78 is 16.4. The largest absolute Gasteiger partial charge is 0.756 e. The second-order valence-corrected chi connectivity index (χ2v) is 11.0. The van der Waals surface area contributed by atoms with E-state index in [-0.39, 0.29) is 18.2 Å². The molecule has 5 nitrogen and oxygen atoms in total. The van der Waals surface area contributed by atoms with Crippen LogP contribution in [-0.2, 0) is 9.09 Å². The predicted molar refractivity (Wildman–Crippen MR) is 138 cm³/mol. The van der Waals surface area contributed by atoms with E-state index >= 15 is 0 Å². The van der Waals surface area contributed by atoms with Crippen LogP contribution >= 0.6 is 7.82 Å². The normalized spacial score (nSPS) is 13.7. The van der Waals surface area contributed by atoms with Gasteiger partial charge in [0.2, 0.25) is 0 Å². The lowest BCUT2D eigenvalue weighted by Gasteiger charge is -2.36. The molecular formula is C26H58NO4P. The van der Waals surface area contributed by atoms with Gasteiger partial charge in [0.05, 0.1) is 6.61 Å². The summed E-state index contributed by atoms with van der Waals surface area (Å²) in [6.45, 7) is 6.86. The molecule has 0 radical (unpaired) electrons. The van der Waals surface area contributed by atoms with Crippen LogP contribution in [0, 0.1) is 5.41 Å². The number of hydrogen-bond donors (Lipinski definition) is 2. The van der Waals surface area contributed by atoms with Crippen molar-refractivity contribution in [3.05, 3.63) is 0 Å². The first-order chi connectivity index (χ1) is 14.9. The zero-order chi connectivity index (χ0) is 23.3. The van der Waals surface area contributed by atoms with Gasteiger partial charge in [-0.1, -0.05) is 136 Å². The van der Waals surface area contributed by atoms with Gasteiger partial charge in [-0.3, -0.25) is 4.57 Å². The van der Waals surface area contributed by atoms with Crippen molar-refractivity contribution in [1.82, 2.24) is 6.15 Å². The van der Waals surface area contributed by atoms with E-state index in [0.29, 0.717) is 0 Å². The van der Waals surface area contributed by atoms with Gasteiger partial charge in [0, 0.05) is 0 Å². The van der Waals surface area contributed by atoms with Crippen LogP contribution in [0.1, 0.15) is 156 Å². The molecule has 6 heteroatoms. The molecule has 1 atom stereocenters. The third kappa shape index (κ3) is 21.9. The van der Waals surface area contributed by atoms with Crippen molar-refractivity contribution in [2.24, 2.45) is 5.41 Å². The molecule has 0 saturated heterocycles. The smallest absolute Gasteiger partial charge is 0.265 e. The average molecular weight is 480 g/mol. The van der Waals surface area contributed by atoms with Gasteiger partial charge >= 0.3 is 0 Å². The highest BCUT2D eigenvalue weighted by atomic mass is 31.2. The highest BCUT2D eigenvalue weighted by Gasteiger charge is 2.30. The maximum absolute atomic E-state index is 11.4. The maximum atomic E-state index is 11.4. The molecule has 0 heterocycles. The number of rotatable bonds is 24. The first-order valence-corrected chi connectivity index (χ1v) is 15.1. The third-order valence-electron chi connectivity index (χ3n) is 6.72. The third-order valence-corrected chi connectivity index (χ3v) is 7.17. The second-order valence-electron chi connectivity index (χ2n) is 9.80. The van der Waals surface area contributed by atoms with Crippen LogP contribution in [0.5, 0.6) is 0 Å². The van der Waals surface area contributed by atoms with Gasteiger partial charge in [-0.05, 0) is 24.7 Å². The zero-order valence-corrected chi connectivity index (χ0v) is 23.1. The summed E-state index contributed by atoms with van der Waals surface area (Å²) >= 11 is 0. The summed E-state index contributed by atoms with van der Waals surface area (Å²) in [6, 6.07) is 0. The van der Waals surface area contributed by atoms with Crippen molar-refractivity contribution >= 4 is 7.82 Å². The summed E-state index contributed by atoms with van der Waals surface area (Å²) in [4.78, 5) is 20.6. The standard InChI is InChI=1S/C26H55O4P.H3N/c1-4-7-10-13-16-19-22-26(25-30-31(27,28)29,23-20-17-14-11-8-5-2)24-21-18-15-12-9-6-3;/h4-25H2,1-3H3,(H2,27,28,29);1H3. The molecule has 0 fully saturated rings. The van der Waals surface area contributed by atoms with Crippen molar-refractivity contribution in [1.29, 1.82) is 0 Å².